The Labute approximate surface area is 211 Å². The molecule has 2 atom stereocenters. The van der Waals surface area contributed by atoms with Gasteiger partial charge in [0.1, 0.15) is 11.9 Å². The number of halogens is 1. The maximum atomic E-state index is 15.3. The Bertz CT molecular complexity index is 1660. The number of amides is 1. The zero-order valence-corrected chi connectivity index (χ0v) is 21.3. The molecule has 11 nitrogen and oxygen atoms in total. The summed E-state index contributed by atoms with van der Waals surface area (Å²) >= 11 is 0. The molecule has 2 heterocycles. The first-order chi connectivity index (χ1) is 17.4. The van der Waals surface area contributed by atoms with Gasteiger partial charge in [-0.05, 0) is 48.7 Å². The van der Waals surface area contributed by atoms with Crippen molar-refractivity contribution in [3.05, 3.63) is 87.2 Å². The molecule has 0 aliphatic carbocycles. The van der Waals surface area contributed by atoms with E-state index in [0.717, 1.165) is 5.56 Å². The average Bonchev–Trinajstić information content (AvgIpc) is 3.45. The van der Waals surface area contributed by atoms with Crippen LogP contribution in [0, 0.1) is 19.7 Å². The third-order valence-electron chi connectivity index (χ3n) is 6.13. The fourth-order valence-corrected chi connectivity index (χ4v) is 5.80. The first-order valence-corrected chi connectivity index (χ1v) is 12.6. The Morgan fingerprint density at radius 1 is 1.24 bits per heavy atom. The highest BCUT2D eigenvalue weighted by Gasteiger charge is 2.35. The number of nitrogens with one attached hydrogen (secondary N) is 2. The summed E-state index contributed by atoms with van der Waals surface area (Å²) in [5.41, 5.74) is 7.98. The molecule has 0 radical (unpaired) electrons. The number of hydrogen-bond acceptors (Lipinski definition) is 7. The predicted octanol–water partition coefficient (Wildman–Crippen LogP) is 2.44. The number of H-pyrrole nitrogens is 1. The van der Waals surface area contributed by atoms with Gasteiger partial charge in [-0.3, -0.25) is 9.48 Å². The lowest BCUT2D eigenvalue weighted by Crippen LogP contribution is -2.34. The number of aromatic amines is 1. The van der Waals surface area contributed by atoms with E-state index in [1.165, 1.54) is 24.3 Å². The molecule has 0 saturated carbocycles. The van der Waals surface area contributed by atoms with Crippen LogP contribution < -0.4 is 16.2 Å². The van der Waals surface area contributed by atoms with Crippen molar-refractivity contribution in [3.63, 3.8) is 0 Å². The number of rotatable bonds is 8. The van der Waals surface area contributed by atoms with Crippen LogP contribution in [0.4, 0.5) is 4.39 Å². The molecule has 0 unspecified atom stereocenters. The normalized spacial score (nSPS) is 13.4. The number of carbonyl (C=O) groups excluding carboxylic acids is 1. The fourth-order valence-electron chi connectivity index (χ4n) is 4.34. The van der Waals surface area contributed by atoms with Gasteiger partial charge < -0.3 is 10.2 Å². The minimum Gasteiger partial charge on any atom is -0.391 e. The number of aryl methyl sites for hydroxylation is 2. The molecule has 0 aliphatic rings. The lowest BCUT2D eigenvalue weighted by atomic mass is 9.86. The van der Waals surface area contributed by atoms with Gasteiger partial charge in [-0.2, -0.15) is 9.82 Å². The maximum absolute atomic E-state index is 15.3. The van der Waals surface area contributed by atoms with Gasteiger partial charge in [0, 0.05) is 24.7 Å². The molecule has 0 spiro atoms. The highest BCUT2D eigenvalue weighted by molar-refractivity contribution is 7.89. The molecule has 1 amide bonds. The van der Waals surface area contributed by atoms with Gasteiger partial charge in [0.15, 0.2) is 0 Å². The molecule has 0 bridgehead atoms. The van der Waals surface area contributed by atoms with E-state index >= 15 is 4.39 Å². The van der Waals surface area contributed by atoms with Gasteiger partial charge >= 0.3 is 5.76 Å². The third kappa shape index (κ3) is 5.08. The number of nitrogens with zero attached hydrogens (tertiary/aromatic N) is 3. The number of hydrogen-bond donors (Lipinski definition) is 3. The van der Waals surface area contributed by atoms with Crippen molar-refractivity contribution in [2.24, 2.45) is 12.8 Å². The van der Waals surface area contributed by atoms with E-state index < -0.39 is 39.5 Å². The number of primary amides is 1. The number of aromatic nitrogens is 4. The summed E-state index contributed by atoms with van der Waals surface area (Å²) in [5.74, 6) is -3.67. The summed E-state index contributed by atoms with van der Waals surface area (Å²) in [7, 11) is -2.68. The van der Waals surface area contributed by atoms with Crippen molar-refractivity contribution in [2.45, 2.75) is 37.6 Å². The van der Waals surface area contributed by atoms with Crippen molar-refractivity contribution in [1.82, 2.24) is 24.7 Å². The van der Waals surface area contributed by atoms with Crippen molar-refractivity contribution in [1.29, 1.82) is 0 Å². The molecule has 37 heavy (non-hydrogen) atoms. The molecule has 0 aliphatic heterocycles. The zero-order valence-electron chi connectivity index (χ0n) is 20.4. The van der Waals surface area contributed by atoms with Crippen molar-refractivity contribution in [3.8, 4) is 11.1 Å². The minimum absolute atomic E-state index is 0.179. The Morgan fingerprint density at radius 2 is 1.97 bits per heavy atom. The van der Waals surface area contributed by atoms with E-state index in [0.29, 0.717) is 16.7 Å². The van der Waals surface area contributed by atoms with Crippen LogP contribution in [-0.2, 0) is 17.1 Å². The average molecular weight is 529 g/mol. The molecule has 0 fully saturated rings. The van der Waals surface area contributed by atoms with E-state index in [4.69, 9.17) is 10.2 Å². The summed E-state index contributed by atoms with van der Waals surface area (Å²) in [6.45, 7) is 4.96. The smallest absolute Gasteiger partial charge is 0.391 e. The van der Waals surface area contributed by atoms with Crippen LogP contribution in [0.25, 0.3) is 11.1 Å². The number of nitrogens with two attached hydrogens (primary N) is 1. The fraction of sp³-hybridized carbons (Fsp3) is 0.250. The summed E-state index contributed by atoms with van der Waals surface area (Å²) in [4.78, 5) is 23.4. The lowest BCUT2D eigenvalue weighted by molar-refractivity contribution is 0.0997. The van der Waals surface area contributed by atoms with Crippen molar-refractivity contribution < 1.29 is 22.0 Å². The summed E-state index contributed by atoms with van der Waals surface area (Å²) < 4.78 is 51.4. The molecule has 0 saturated heterocycles. The SMILES string of the molecule is Cc1ccc(S(=O)(=O)N[C@H](c2n[nH]c(=O)o2)[C@H](C)c2c(F)ccc(-c3cnn(C)c3)c2C)c(C(N)=O)c1. The van der Waals surface area contributed by atoms with Gasteiger partial charge in [0.05, 0.1) is 16.7 Å². The van der Waals surface area contributed by atoms with Gasteiger partial charge in [0.2, 0.25) is 21.8 Å². The van der Waals surface area contributed by atoms with Crippen LogP contribution in [-0.4, -0.2) is 34.3 Å². The second-order valence-electron chi connectivity index (χ2n) is 8.74. The van der Waals surface area contributed by atoms with Gasteiger partial charge in [-0.25, -0.2) is 22.7 Å². The van der Waals surface area contributed by atoms with E-state index in [9.17, 15) is 18.0 Å². The molecular weight excluding hydrogens is 503 g/mol. The van der Waals surface area contributed by atoms with E-state index in [-0.39, 0.29) is 21.9 Å². The second-order valence-corrected chi connectivity index (χ2v) is 10.4. The lowest BCUT2D eigenvalue weighted by Gasteiger charge is -2.25. The Kier molecular flexibility index (Phi) is 6.84. The van der Waals surface area contributed by atoms with Crippen LogP contribution in [0.3, 0.4) is 0 Å². The predicted molar refractivity (Wildman–Crippen MR) is 132 cm³/mol. The second kappa shape index (κ2) is 9.75. The van der Waals surface area contributed by atoms with Crippen molar-refractivity contribution >= 4 is 15.9 Å². The standard InChI is InChI=1S/C24H25FN6O5S/c1-12-5-8-19(17(9-12)22(26)32)37(34,35)30-21(23-28-29-24(33)36-23)14(3)20-13(2)16(6-7-18(20)25)15-10-27-31(4)11-15/h5-11,14,21,30H,1-4H3,(H2,26,32)(H,29,33)/t14-,21+/m1/s1. The highest BCUT2D eigenvalue weighted by atomic mass is 32.2. The number of sulfonamides is 1. The quantitative estimate of drug-likeness (QED) is 0.316. The van der Waals surface area contributed by atoms with Crippen LogP contribution in [0.2, 0.25) is 0 Å². The number of carbonyl (C=O) groups is 1. The van der Waals surface area contributed by atoms with E-state index in [1.807, 2.05) is 0 Å². The van der Waals surface area contributed by atoms with Crippen molar-refractivity contribution in [2.75, 3.05) is 0 Å². The zero-order chi connectivity index (χ0) is 27.1. The Hall–Kier alpha value is -4.10. The van der Waals surface area contributed by atoms with E-state index in [1.54, 1.807) is 51.0 Å². The van der Waals surface area contributed by atoms with Gasteiger partial charge in [-0.1, -0.05) is 24.6 Å². The first-order valence-electron chi connectivity index (χ1n) is 11.1. The minimum atomic E-state index is -4.43. The van der Waals surface area contributed by atoms with Crippen LogP contribution in [0.15, 0.2) is 56.8 Å². The monoisotopic (exact) mass is 528 g/mol. The summed E-state index contributed by atoms with van der Waals surface area (Å²) in [6, 6.07) is 5.66. The molecule has 4 N–H and O–H groups in total. The molecule has 4 aromatic rings. The largest absolute Gasteiger partial charge is 0.434 e. The molecule has 2 aromatic carbocycles. The van der Waals surface area contributed by atoms with Gasteiger partial charge in [-0.15, -0.1) is 5.10 Å². The molecule has 13 heteroatoms. The third-order valence-corrected chi connectivity index (χ3v) is 7.62. The molecule has 2 aromatic heterocycles. The topological polar surface area (TPSA) is 166 Å². The summed E-state index contributed by atoms with van der Waals surface area (Å²) in [6.07, 6.45) is 3.40. The number of benzene rings is 2. The highest BCUT2D eigenvalue weighted by Crippen LogP contribution is 2.38. The molecular formula is C24H25FN6O5S. The summed E-state index contributed by atoms with van der Waals surface area (Å²) in [5, 5.41) is 10.1. The Morgan fingerprint density at radius 3 is 2.57 bits per heavy atom. The van der Waals surface area contributed by atoms with Crippen LogP contribution in [0.1, 0.15) is 51.8 Å². The molecule has 194 valence electrons. The van der Waals surface area contributed by atoms with Crippen LogP contribution in [0.5, 0.6) is 0 Å². The molecule has 4 rings (SSSR count). The van der Waals surface area contributed by atoms with Gasteiger partial charge in [0.25, 0.3) is 0 Å². The Balaban J connectivity index is 1.84. The van der Waals surface area contributed by atoms with E-state index in [2.05, 4.69) is 20.0 Å². The van der Waals surface area contributed by atoms with Crippen LogP contribution >= 0.6 is 0 Å². The first kappa shape index (κ1) is 26.0. The maximum Gasteiger partial charge on any atom is 0.434 e.